The average molecular weight is 480 g/mol. The van der Waals surface area contributed by atoms with Crippen LogP contribution in [0.25, 0.3) is 10.4 Å². The summed E-state index contributed by atoms with van der Waals surface area (Å²) in [7, 11) is -3.88. The van der Waals surface area contributed by atoms with Gasteiger partial charge in [0.1, 0.15) is 5.69 Å². The molecule has 0 saturated heterocycles. The molecule has 2 aromatic carbocycles. The third-order valence-electron chi connectivity index (χ3n) is 4.62. The number of aryl methyl sites for hydroxylation is 3. The Morgan fingerprint density at radius 1 is 0.879 bits per heavy atom. The first-order valence-corrected chi connectivity index (χ1v) is 12.3. The lowest BCUT2D eigenvalue weighted by molar-refractivity contribution is 0.102. The van der Waals surface area contributed by atoms with Gasteiger partial charge in [-0.05, 0) is 56.7 Å². The van der Waals surface area contributed by atoms with Gasteiger partial charge in [-0.3, -0.25) is 4.79 Å². The molecule has 2 heterocycles. The fourth-order valence-corrected chi connectivity index (χ4v) is 5.09. The van der Waals surface area contributed by atoms with Gasteiger partial charge in [-0.25, -0.2) is 28.1 Å². The molecule has 0 unspecified atom stereocenters. The van der Waals surface area contributed by atoms with Gasteiger partial charge >= 0.3 is 0 Å². The monoisotopic (exact) mass is 479 g/mol. The number of nitrogens with one attached hydrogen (secondary N) is 2. The third kappa shape index (κ3) is 5.24. The van der Waals surface area contributed by atoms with Crippen LogP contribution in [0, 0.1) is 20.8 Å². The lowest BCUT2D eigenvalue weighted by Gasteiger charge is -2.09. The molecule has 0 aliphatic carbocycles. The van der Waals surface area contributed by atoms with Crippen LogP contribution in [0.4, 0.5) is 11.6 Å². The summed E-state index contributed by atoms with van der Waals surface area (Å²) >= 11 is 1.44. The quantitative estimate of drug-likeness (QED) is 0.418. The number of carbonyl (C=O) groups excluding carboxylic acids is 1. The Balaban J connectivity index is 1.52. The van der Waals surface area contributed by atoms with Crippen LogP contribution in [0.3, 0.4) is 0 Å². The summed E-state index contributed by atoms with van der Waals surface area (Å²) in [6.45, 7) is 5.37. The molecule has 0 atom stereocenters. The molecule has 33 heavy (non-hydrogen) atoms. The van der Waals surface area contributed by atoms with Gasteiger partial charge < -0.3 is 5.32 Å². The van der Waals surface area contributed by atoms with Crippen molar-refractivity contribution in [3.05, 3.63) is 82.8 Å². The number of hydrogen-bond acceptors (Lipinski definition) is 7. The average Bonchev–Trinajstić information content (AvgIpc) is 3.15. The van der Waals surface area contributed by atoms with Crippen molar-refractivity contribution >= 4 is 38.9 Å². The van der Waals surface area contributed by atoms with E-state index in [2.05, 4.69) is 25.0 Å². The molecular formula is C23H21N5O3S2. The van der Waals surface area contributed by atoms with Gasteiger partial charge in [0.25, 0.3) is 15.9 Å². The van der Waals surface area contributed by atoms with E-state index in [0.29, 0.717) is 22.8 Å². The molecule has 0 aliphatic rings. The van der Waals surface area contributed by atoms with Gasteiger partial charge in [0.05, 0.1) is 14.8 Å². The standard InChI is InChI=1S/C23H21N5O3S2/c1-14-13-15(2)25-23(24-14)28-33(30,31)19-11-9-18(10-12-19)27-22(29)20-21(32-16(3)26-20)17-7-5-4-6-8-17/h4-13H,1-3H3,(H,27,29)(H,24,25,28). The maximum atomic E-state index is 12.9. The van der Waals surface area contributed by atoms with Crippen molar-refractivity contribution in [1.29, 1.82) is 0 Å². The van der Waals surface area contributed by atoms with E-state index in [4.69, 9.17) is 0 Å². The number of sulfonamides is 1. The van der Waals surface area contributed by atoms with Crippen LogP contribution in [0.1, 0.15) is 26.9 Å². The molecule has 4 rings (SSSR count). The van der Waals surface area contributed by atoms with Crippen molar-refractivity contribution in [3.8, 4) is 10.4 Å². The van der Waals surface area contributed by atoms with Gasteiger partial charge in [0.2, 0.25) is 5.95 Å². The Kier molecular flexibility index (Phi) is 6.21. The Morgan fingerprint density at radius 3 is 2.15 bits per heavy atom. The zero-order valence-corrected chi connectivity index (χ0v) is 19.8. The lowest BCUT2D eigenvalue weighted by atomic mass is 10.1. The summed E-state index contributed by atoms with van der Waals surface area (Å²) in [6, 6.07) is 17.2. The molecule has 168 valence electrons. The number of nitrogens with zero attached hydrogens (tertiary/aromatic N) is 3. The van der Waals surface area contributed by atoms with E-state index < -0.39 is 10.0 Å². The number of aromatic nitrogens is 3. The minimum Gasteiger partial charge on any atom is -0.321 e. The Morgan fingerprint density at radius 2 is 1.52 bits per heavy atom. The second kappa shape index (κ2) is 9.08. The zero-order valence-electron chi connectivity index (χ0n) is 18.2. The lowest BCUT2D eigenvalue weighted by Crippen LogP contribution is -2.16. The van der Waals surface area contributed by atoms with Crippen molar-refractivity contribution in [2.75, 3.05) is 10.0 Å². The van der Waals surface area contributed by atoms with Gasteiger partial charge in [-0.1, -0.05) is 30.3 Å². The molecule has 0 spiro atoms. The number of anilines is 2. The molecule has 2 aromatic heterocycles. The van der Waals surface area contributed by atoms with Crippen molar-refractivity contribution in [3.63, 3.8) is 0 Å². The summed E-state index contributed by atoms with van der Waals surface area (Å²) in [5.74, 6) is -0.354. The highest BCUT2D eigenvalue weighted by atomic mass is 32.2. The fourth-order valence-electron chi connectivity index (χ4n) is 3.22. The van der Waals surface area contributed by atoms with E-state index in [9.17, 15) is 13.2 Å². The molecule has 4 aromatic rings. The van der Waals surface area contributed by atoms with Crippen molar-refractivity contribution in [1.82, 2.24) is 15.0 Å². The maximum Gasteiger partial charge on any atom is 0.275 e. The van der Waals surface area contributed by atoms with Crippen LogP contribution in [0.15, 0.2) is 65.6 Å². The van der Waals surface area contributed by atoms with Crippen LogP contribution < -0.4 is 10.0 Å². The summed E-state index contributed by atoms with van der Waals surface area (Å²) in [5.41, 5.74) is 3.01. The smallest absolute Gasteiger partial charge is 0.275 e. The molecule has 0 aliphatic heterocycles. The minimum atomic E-state index is -3.88. The van der Waals surface area contributed by atoms with E-state index in [1.165, 1.54) is 35.6 Å². The Bertz CT molecular complexity index is 1400. The molecule has 0 radical (unpaired) electrons. The van der Waals surface area contributed by atoms with E-state index in [1.807, 2.05) is 37.3 Å². The highest BCUT2D eigenvalue weighted by Gasteiger charge is 2.20. The van der Waals surface area contributed by atoms with Crippen LogP contribution >= 0.6 is 11.3 Å². The second-order valence-electron chi connectivity index (χ2n) is 7.33. The largest absolute Gasteiger partial charge is 0.321 e. The Labute approximate surface area is 195 Å². The number of hydrogen-bond donors (Lipinski definition) is 2. The topological polar surface area (TPSA) is 114 Å². The van der Waals surface area contributed by atoms with Crippen LogP contribution in [0.5, 0.6) is 0 Å². The predicted molar refractivity (Wildman–Crippen MR) is 129 cm³/mol. The van der Waals surface area contributed by atoms with E-state index in [1.54, 1.807) is 19.9 Å². The van der Waals surface area contributed by atoms with E-state index in [0.717, 1.165) is 15.4 Å². The van der Waals surface area contributed by atoms with Gasteiger partial charge in [0.15, 0.2) is 0 Å². The molecule has 2 N–H and O–H groups in total. The van der Waals surface area contributed by atoms with Gasteiger partial charge in [-0.2, -0.15) is 0 Å². The second-order valence-corrected chi connectivity index (χ2v) is 10.2. The van der Waals surface area contributed by atoms with Gasteiger partial charge in [0, 0.05) is 17.1 Å². The fraction of sp³-hybridized carbons (Fsp3) is 0.130. The predicted octanol–water partition coefficient (Wildman–Crippen LogP) is 4.58. The number of carbonyl (C=O) groups is 1. The van der Waals surface area contributed by atoms with Crippen LogP contribution in [0.2, 0.25) is 0 Å². The maximum absolute atomic E-state index is 12.9. The summed E-state index contributed by atoms with van der Waals surface area (Å²) in [5, 5.41) is 3.57. The highest BCUT2D eigenvalue weighted by molar-refractivity contribution is 7.92. The first-order valence-electron chi connectivity index (χ1n) is 10.0. The Hall–Kier alpha value is -3.63. The van der Waals surface area contributed by atoms with E-state index in [-0.39, 0.29) is 16.8 Å². The number of rotatable bonds is 6. The number of thiazole rings is 1. The molecule has 0 bridgehead atoms. The molecule has 8 nitrogen and oxygen atoms in total. The van der Waals surface area contributed by atoms with Crippen LogP contribution in [-0.4, -0.2) is 29.3 Å². The summed E-state index contributed by atoms with van der Waals surface area (Å²) in [6.07, 6.45) is 0. The minimum absolute atomic E-state index is 0.0113. The molecular weight excluding hydrogens is 458 g/mol. The normalized spacial score (nSPS) is 11.2. The molecule has 0 fully saturated rings. The van der Waals surface area contributed by atoms with Gasteiger partial charge in [-0.15, -0.1) is 11.3 Å². The summed E-state index contributed by atoms with van der Waals surface area (Å²) < 4.78 is 27.8. The zero-order chi connectivity index (χ0) is 23.6. The van der Waals surface area contributed by atoms with Crippen molar-refractivity contribution in [2.45, 2.75) is 25.7 Å². The first-order chi connectivity index (χ1) is 15.7. The van der Waals surface area contributed by atoms with E-state index >= 15 is 0 Å². The molecule has 10 heteroatoms. The number of amides is 1. The first kappa shape index (κ1) is 22.6. The third-order valence-corrected chi connectivity index (χ3v) is 6.98. The number of benzene rings is 2. The van der Waals surface area contributed by atoms with Crippen molar-refractivity contribution in [2.24, 2.45) is 0 Å². The molecule has 0 saturated carbocycles. The van der Waals surface area contributed by atoms with Crippen LogP contribution in [-0.2, 0) is 10.0 Å². The summed E-state index contributed by atoms with van der Waals surface area (Å²) in [4.78, 5) is 26.3. The highest BCUT2D eigenvalue weighted by Crippen LogP contribution is 2.30. The SMILES string of the molecule is Cc1cc(C)nc(NS(=O)(=O)c2ccc(NC(=O)c3nc(C)sc3-c3ccccc3)cc2)n1. The van der Waals surface area contributed by atoms with Crippen molar-refractivity contribution < 1.29 is 13.2 Å². The molecule has 1 amide bonds.